The number of amides is 1. The van der Waals surface area contributed by atoms with Crippen LogP contribution in [0.2, 0.25) is 0 Å². The second-order valence-electron chi connectivity index (χ2n) is 5.94. The highest BCUT2D eigenvalue weighted by Crippen LogP contribution is 2.26. The van der Waals surface area contributed by atoms with E-state index in [0.29, 0.717) is 30.4 Å². The molecule has 1 amide bonds. The molecule has 0 aromatic carbocycles. The number of hydrogen-bond donors (Lipinski definition) is 1. The molecule has 0 spiro atoms. The minimum absolute atomic E-state index is 0.335. The van der Waals surface area contributed by atoms with Crippen LogP contribution >= 0.6 is 0 Å². The molecule has 3 heterocycles. The van der Waals surface area contributed by atoms with Crippen molar-refractivity contribution in [3.05, 3.63) is 0 Å². The van der Waals surface area contributed by atoms with Crippen LogP contribution in [-0.4, -0.2) is 49.2 Å². The Bertz CT molecular complexity index is 288. The fraction of sp³-hybridized carbons (Fsp3) is 0.929. The Morgan fingerprint density at radius 1 is 1.28 bits per heavy atom. The summed E-state index contributed by atoms with van der Waals surface area (Å²) < 4.78 is 5.58. The van der Waals surface area contributed by atoms with Crippen LogP contribution in [0.15, 0.2) is 0 Å². The molecule has 3 aliphatic heterocycles. The summed E-state index contributed by atoms with van der Waals surface area (Å²) in [6.45, 7) is 3.91. The van der Waals surface area contributed by atoms with Gasteiger partial charge in [0, 0.05) is 32.2 Å². The predicted octanol–water partition coefficient (Wildman–Crippen LogP) is 1.16. The van der Waals surface area contributed by atoms with Crippen molar-refractivity contribution >= 4 is 5.91 Å². The SMILES string of the molecule is O=C(CCC1CCCO1)N1C[C@@H]2CCCN[C@@H]2C1. The number of piperidine rings is 1. The molecule has 3 atom stereocenters. The van der Waals surface area contributed by atoms with Crippen molar-refractivity contribution in [2.75, 3.05) is 26.2 Å². The van der Waals surface area contributed by atoms with Crippen molar-refractivity contribution in [3.8, 4) is 0 Å². The number of fused-ring (bicyclic) bond motifs is 1. The Labute approximate surface area is 109 Å². The summed E-state index contributed by atoms with van der Waals surface area (Å²) in [4.78, 5) is 14.3. The van der Waals surface area contributed by atoms with Gasteiger partial charge in [0.2, 0.25) is 5.91 Å². The van der Waals surface area contributed by atoms with Crippen molar-refractivity contribution in [1.82, 2.24) is 10.2 Å². The quantitative estimate of drug-likeness (QED) is 0.819. The monoisotopic (exact) mass is 252 g/mol. The van der Waals surface area contributed by atoms with Gasteiger partial charge in [0.15, 0.2) is 0 Å². The van der Waals surface area contributed by atoms with Crippen LogP contribution in [0.25, 0.3) is 0 Å². The Morgan fingerprint density at radius 3 is 3.00 bits per heavy atom. The summed E-state index contributed by atoms with van der Waals surface area (Å²) in [5, 5.41) is 3.54. The number of likely N-dealkylation sites (tertiary alicyclic amines) is 1. The van der Waals surface area contributed by atoms with Gasteiger partial charge in [-0.15, -0.1) is 0 Å². The molecule has 0 aromatic rings. The minimum Gasteiger partial charge on any atom is -0.378 e. The molecule has 3 saturated heterocycles. The van der Waals surface area contributed by atoms with E-state index in [4.69, 9.17) is 4.74 Å². The van der Waals surface area contributed by atoms with Crippen LogP contribution in [0.3, 0.4) is 0 Å². The lowest BCUT2D eigenvalue weighted by Gasteiger charge is -2.24. The predicted molar refractivity (Wildman–Crippen MR) is 69.3 cm³/mol. The first-order valence-electron chi connectivity index (χ1n) is 7.45. The number of carbonyl (C=O) groups excluding carboxylic acids is 1. The van der Waals surface area contributed by atoms with Gasteiger partial charge in [-0.25, -0.2) is 0 Å². The van der Waals surface area contributed by atoms with Crippen LogP contribution < -0.4 is 5.32 Å². The largest absolute Gasteiger partial charge is 0.378 e. The summed E-state index contributed by atoms with van der Waals surface area (Å²) in [6.07, 6.45) is 6.78. The van der Waals surface area contributed by atoms with E-state index in [1.54, 1.807) is 0 Å². The van der Waals surface area contributed by atoms with Crippen LogP contribution in [-0.2, 0) is 9.53 Å². The van der Waals surface area contributed by atoms with Gasteiger partial charge in [-0.1, -0.05) is 0 Å². The van der Waals surface area contributed by atoms with Gasteiger partial charge < -0.3 is 15.0 Å². The minimum atomic E-state index is 0.335. The first-order valence-corrected chi connectivity index (χ1v) is 7.45. The highest BCUT2D eigenvalue weighted by atomic mass is 16.5. The van der Waals surface area contributed by atoms with Crippen molar-refractivity contribution in [1.29, 1.82) is 0 Å². The average molecular weight is 252 g/mol. The molecule has 1 unspecified atom stereocenters. The summed E-state index contributed by atoms with van der Waals surface area (Å²) in [5.74, 6) is 1.03. The number of nitrogens with one attached hydrogen (secondary N) is 1. The number of nitrogens with zero attached hydrogens (tertiary/aromatic N) is 1. The maximum absolute atomic E-state index is 12.2. The van der Waals surface area contributed by atoms with E-state index in [0.717, 1.165) is 45.5 Å². The van der Waals surface area contributed by atoms with Crippen LogP contribution in [0.4, 0.5) is 0 Å². The van der Waals surface area contributed by atoms with Gasteiger partial charge in [-0.2, -0.15) is 0 Å². The zero-order chi connectivity index (χ0) is 12.4. The van der Waals surface area contributed by atoms with Gasteiger partial charge >= 0.3 is 0 Å². The molecule has 3 aliphatic rings. The van der Waals surface area contributed by atoms with E-state index >= 15 is 0 Å². The maximum Gasteiger partial charge on any atom is 0.222 e. The summed E-state index contributed by atoms with van der Waals surface area (Å²) in [7, 11) is 0. The van der Waals surface area contributed by atoms with Gasteiger partial charge in [0.25, 0.3) is 0 Å². The lowest BCUT2D eigenvalue weighted by Crippen LogP contribution is -2.41. The summed E-state index contributed by atoms with van der Waals surface area (Å²) in [5.41, 5.74) is 0. The topological polar surface area (TPSA) is 41.6 Å². The van der Waals surface area contributed by atoms with E-state index in [-0.39, 0.29) is 0 Å². The number of rotatable bonds is 3. The fourth-order valence-corrected chi connectivity index (χ4v) is 3.56. The Kier molecular flexibility index (Phi) is 3.85. The number of ether oxygens (including phenoxy) is 1. The second kappa shape index (κ2) is 5.57. The smallest absolute Gasteiger partial charge is 0.222 e. The average Bonchev–Trinajstić information content (AvgIpc) is 3.04. The van der Waals surface area contributed by atoms with Gasteiger partial charge in [-0.3, -0.25) is 4.79 Å². The molecule has 1 N–H and O–H groups in total. The third-order valence-electron chi connectivity index (χ3n) is 4.66. The number of hydrogen-bond acceptors (Lipinski definition) is 3. The second-order valence-corrected chi connectivity index (χ2v) is 5.94. The molecule has 3 rings (SSSR count). The molecule has 18 heavy (non-hydrogen) atoms. The van der Waals surface area contributed by atoms with Crippen LogP contribution in [0.5, 0.6) is 0 Å². The standard InChI is InChI=1S/C14H24N2O2/c17-14(6-5-12-4-2-8-18-12)16-9-11-3-1-7-15-13(11)10-16/h11-13,15H,1-10H2/t11-,12?,13+/m0/s1. The Morgan fingerprint density at radius 2 is 2.22 bits per heavy atom. The van der Waals surface area contributed by atoms with E-state index in [1.165, 1.54) is 12.8 Å². The summed E-state index contributed by atoms with van der Waals surface area (Å²) in [6, 6.07) is 0.561. The summed E-state index contributed by atoms with van der Waals surface area (Å²) >= 11 is 0. The molecule has 0 aliphatic carbocycles. The van der Waals surface area contributed by atoms with Crippen molar-refractivity contribution in [2.24, 2.45) is 5.92 Å². The molecular weight excluding hydrogens is 228 g/mol. The molecule has 4 nitrogen and oxygen atoms in total. The molecule has 0 aromatic heterocycles. The third-order valence-corrected chi connectivity index (χ3v) is 4.66. The van der Waals surface area contributed by atoms with Crippen molar-refractivity contribution in [2.45, 2.75) is 50.7 Å². The van der Waals surface area contributed by atoms with E-state index < -0.39 is 0 Å². The molecule has 0 bridgehead atoms. The first kappa shape index (κ1) is 12.4. The van der Waals surface area contributed by atoms with Crippen LogP contribution in [0, 0.1) is 5.92 Å². The maximum atomic E-state index is 12.2. The lowest BCUT2D eigenvalue weighted by molar-refractivity contribution is -0.131. The molecular formula is C14H24N2O2. The first-order chi connectivity index (χ1) is 8.83. The zero-order valence-corrected chi connectivity index (χ0v) is 11.1. The van der Waals surface area contributed by atoms with Gasteiger partial charge in [0.1, 0.15) is 0 Å². The lowest BCUT2D eigenvalue weighted by atomic mass is 9.94. The Hall–Kier alpha value is -0.610. The van der Waals surface area contributed by atoms with Crippen molar-refractivity contribution in [3.63, 3.8) is 0 Å². The fourth-order valence-electron chi connectivity index (χ4n) is 3.56. The Balaban J connectivity index is 1.45. The molecule has 4 heteroatoms. The van der Waals surface area contributed by atoms with E-state index in [2.05, 4.69) is 10.2 Å². The zero-order valence-electron chi connectivity index (χ0n) is 11.1. The van der Waals surface area contributed by atoms with Gasteiger partial charge in [0.05, 0.1) is 6.10 Å². The molecule has 0 radical (unpaired) electrons. The molecule has 0 saturated carbocycles. The van der Waals surface area contributed by atoms with Crippen molar-refractivity contribution < 1.29 is 9.53 Å². The van der Waals surface area contributed by atoms with Gasteiger partial charge in [-0.05, 0) is 44.6 Å². The molecule has 102 valence electrons. The normalized spacial score (nSPS) is 35.8. The van der Waals surface area contributed by atoms with E-state index in [1.807, 2.05) is 0 Å². The van der Waals surface area contributed by atoms with E-state index in [9.17, 15) is 4.79 Å². The number of carbonyl (C=O) groups is 1. The highest BCUT2D eigenvalue weighted by Gasteiger charge is 2.36. The highest BCUT2D eigenvalue weighted by molar-refractivity contribution is 5.76. The molecule has 3 fully saturated rings. The third kappa shape index (κ3) is 2.69. The van der Waals surface area contributed by atoms with Crippen LogP contribution in [0.1, 0.15) is 38.5 Å².